The Balaban J connectivity index is 1.68. The van der Waals surface area contributed by atoms with Crippen LogP contribution in [0.15, 0.2) is 28.1 Å². The largest absolute Gasteiger partial charge is 0.494 e. The monoisotopic (exact) mass is 360 g/mol. The normalized spacial score (nSPS) is 18.2. The van der Waals surface area contributed by atoms with E-state index in [-0.39, 0.29) is 34.6 Å². The van der Waals surface area contributed by atoms with Crippen LogP contribution in [0.5, 0.6) is 17.4 Å². The Morgan fingerprint density at radius 3 is 2.84 bits per heavy atom. The number of benzene rings is 1. The van der Waals surface area contributed by atoms with Gasteiger partial charge < -0.3 is 20.0 Å². The molecular formula is C16H16N4O4S. The van der Waals surface area contributed by atoms with Gasteiger partial charge >= 0.3 is 0 Å². The van der Waals surface area contributed by atoms with Gasteiger partial charge in [0.15, 0.2) is 16.3 Å². The van der Waals surface area contributed by atoms with Crippen molar-refractivity contribution in [1.82, 2.24) is 14.6 Å². The van der Waals surface area contributed by atoms with Crippen LogP contribution in [0, 0.1) is 4.77 Å². The number of fused-ring (bicyclic) bond motifs is 1. The van der Waals surface area contributed by atoms with Crippen molar-refractivity contribution in [2.75, 3.05) is 6.79 Å². The molecule has 25 heavy (non-hydrogen) atoms. The zero-order chi connectivity index (χ0) is 17.7. The van der Waals surface area contributed by atoms with E-state index in [9.17, 15) is 9.90 Å². The van der Waals surface area contributed by atoms with Gasteiger partial charge in [0.05, 0.1) is 11.8 Å². The summed E-state index contributed by atoms with van der Waals surface area (Å²) in [6.45, 7) is 0.215. The van der Waals surface area contributed by atoms with Crippen LogP contribution >= 0.6 is 12.2 Å². The number of nitrogens with one attached hydrogen (secondary N) is 1. The molecule has 1 aromatic heterocycles. The number of nitrogens with zero attached hydrogens (tertiary/aromatic N) is 3. The topological polar surface area (TPSA) is 90.0 Å². The number of hydrogen-bond acceptors (Lipinski definition) is 7. The number of hydrogen-bond donors (Lipinski definition) is 2. The summed E-state index contributed by atoms with van der Waals surface area (Å²) in [5.41, 5.74) is 4.26. The lowest BCUT2D eigenvalue weighted by molar-refractivity contribution is 0.174. The lowest BCUT2D eigenvalue weighted by Crippen LogP contribution is -2.28. The molecule has 0 spiro atoms. The predicted octanol–water partition coefficient (Wildman–Crippen LogP) is 1.33. The lowest BCUT2D eigenvalue weighted by atomic mass is 9.99. The van der Waals surface area contributed by atoms with E-state index in [1.807, 2.05) is 18.2 Å². The summed E-state index contributed by atoms with van der Waals surface area (Å²) in [7, 11) is 3.19. The summed E-state index contributed by atoms with van der Waals surface area (Å²) in [5.74, 6) is 1.22. The molecule has 2 aromatic rings. The van der Waals surface area contributed by atoms with E-state index in [1.165, 1.54) is 9.13 Å². The standard InChI is InChI=1S/C16H16N4O4S/c1-19-14(21)13(15(22)20(2)16(19)25)10-6-9(17-18-10)8-3-4-11-12(5-8)24-7-23-11/h3-5,9,17,21H,6-7H2,1-2H3. The summed E-state index contributed by atoms with van der Waals surface area (Å²) in [6, 6.07) is 5.54. The van der Waals surface area contributed by atoms with Gasteiger partial charge in [-0.25, -0.2) is 0 Å². The lowest BCUT2D eigenvalue weighted by Gasteiger charge is -2.12. The zero-order valence-corrected chi connectivity index (χ0v) is 14.5. The minimum atomic E-state index is -0.368. The second-order valence-corrected chi connectivity index (χ2v) is 6.33. The fourth-order valence-corrected chi connectivity index (χ4v) is 3.18. The maximum Gasteiger partial charge on any atom is 0.267 e. The molecular weight excluding hydrogens is 344 g/mol. The van der Waals surface area contributed by atoms with Gasteiger partial charge in [-0.2, -0.15) is 5.10 Å². The molecule has 0 fully saturated rings. The van der Waals surface area contributed by atoms with E-state index >= 15 is 0 Å². The second kappa shape index (κ2) is 5.62. The summed E-state index contributed by atoms with van der Waals surface area (Å²) >= 11 is 5.13. The van der Waals surface area contributed by atoms with Crippen LogP contribution in [0.25, 0.3) is 0 Å². The maximum absolute atomic E-state index is 12.5. The smallest absolute Gasteiger partial charge is 0.267 e. The molecule has 1 aromatic carbocycles. The van der Waals surface area contributed by atoms with Crippen LogP contribution in [0.2, 0.25) is 0 Å². The van der Waals surface area contributed by atoms with Gasteiger partial charge in [0.2, 0.25) is 12.7 Å². The predicted molar refractivity (Wildman–Crippen MR) is 92.7 cm³/mol. The molecule has 0 saturated carbocycles. The van der Waals surface area contributed by atoms with Crippen molar-refractivity contribution in [1.29, 1.82) is 0 Å². The molecule has 1 unspecified atom stereocenters. The Labute approximate surface area is 147 Å². The molecule has 0 saturated heterocycles. The third-order valence-electron chi connectivity index (χ3n) is 4.47. The third kappa shape index (κ3) is 2.39. The van der Waals surface area contributed by atoms with E-state index in [1.54, 1.807) is 14.1 Å². The highest BCUT2D eigenvalue weighted by Gasteiger charge is 2.28. The van der Waals surface area contributed by atoms with E-state index in [0.717, 1.165) is 5.56 Å². The maximum atomic E-state index is 12.5. The molecule has 1 atom stereocenters. The Morgan fingerprint density at radius 1 is 1.28 bits per heavy atom. The number of hydrazone groups is 1. The van der Waals surface area contributed by atoms with Crippen LogP contribution in [0.4, 0.5) is 0 Å². The van der Waals surface area contributed by atoms with Crippen LogP contribution in [0.3, 0.4) is 0 Å². The number of ether oxygens (including phenoxy) is 2. The van der Waals surface area contributed by atoms with Gasteiger partial charge in [0, 0.05) is 20.5 Å². The van der Waals surface area contributed by atoms with E-state index in [4.69, 9.17) is 21.7 Å². The molecule has 130 valence electrons. The highest BCUT2D eigenvalue weighted by Crippen LogP contribution is 2.36. The second-order valence-electron chi connectivity index (χ2n) is 5.96. The van der Waals surface area contributed by atoms with Gasteiger partial charge in [-0.1, -0.05) is 6.07 Å². The van der Waals surface area contributed by atoms with Crippen LogP contribution in [0.1, 0.15) is 23.6 Å². The van der Waals surface area contributed by atoms with Gasteiger partial charge in [-0.15, -0.1) is 0 Å². The van der Waals surface area contributed by atoms with E-state index in [0.29, 0.717) is 23.6 Å². The van der Waals surface area contributed by atoms with E-state index < -0.39 is 0 Å². The molecule has 4 rings (SSSR count). The first kappa shape index (κ1) is 15.7. The molecule has 3 heterocycles. The Kier molecular flexibility index (Phi) is 3.53. The molecule has 9 heteroatoms. The first-order chi connectivity index (χ1) is 12.0. The fraction of sp³-hybridized carbons (Fsp3) is 0.312. The zero-order valence-electron chi connectivity index (χ0n) is 13.6. The first-order valence-corrected chi connectivity index (χ1v) is 8.09. The highest BCUT2D eigenvalue weighted by molar-refractivity contribution is 7.71. The number of rotatable bonds is 2. The summed E-state index contributed by atoms with van der Waals surface area (Å²) in [5, 5.41) is 14.6. The Bertz CT molecular complexity index is 1020. The molecule has 2 N–H and O–H groups in total. The number of aromatic nitrogens is 2. The van der Waals surface area contributed by atoms with Crippen molar-refractivity contribution < 1.29 is 14.6 Å². The minimum Gasteiger partial charge on any atom is -0.494 e. The number of aromatic hydroxyl groups is 1. The highest BCUT2D eigenvalue weighted by atomic mass is 32.1. The summed E-state index contributed by atoms with van der Waals surface area (Å²) in [4.78, 5) is 12.5. The van der Waals surface area contributed by atoms with Crippen molar-refractivity contribution in [3.8, 4) is 17.4 Å². The quantitative estimate of drug-likeness (QED) is 0.786. The molecule has 2 aliphatic heterocycles. The average molecular weight is 360 g/mol. The van der Waals surface area contributed by atoms with Crippen molar-refractivity contribution in [2.45, 2.75) is 12.5 Å². The molecule has 2 aliphatic rings. The van der Waals surface area contributed by atoms with Crippen molar-refractivity contribution in [3.05, 3.63) is 44.5 Å². The van der Waals surface area contributed by atoms with Crippen LogP contribution < -0.4 is 20.5 Å². The van der Waals surface area contributed by atoms with Crippen molar-refractivity contribution in [3.63, 3.8) is 0 Å². The van der Waals surface area contributed by atoms with Crippen LogP contribution in [-0.4, -0.2) is 26.7 Å². The minimum absolute atomic E-state index is 0.123. The molecule has 8 nitrogen and oxygen atoms in total. The Morgan fingerprint density at radius 2 is 2.04 bits per heavy atom. The van der Waals surface area contributed by atoms with Gasteiger partial charge in [-0.3, -0.25) is 13.9 Å². The van der Waals surface area contributed by atoms with Crippen molar-refractivity contribution in [2.24, 2.45) is 19.2 Å². The average Bonchev–Trinajstić information content (AvgIpc) is 3.27. The van der Waals surface area contributed by atoms with Crippen molar-refractivity contribution >= 4 is 17.9 Å². The van der Waals surface area contributed by atoms with E-state index in [2.05, 4.69) is 10.5 Å². The molecule has 0 aliphatic carbocycles. The summed E-state index contributed by atoms with van der Waals surface area (Å²) < 4.78 is 13.7. The Hall–Kier alpha value is -2.81. The van der Waals surface area contributed by atoms with Crippen LogP contribution in [-0.2, 0) is 14.1 Å². The summed E-state index contributed by atoms with van der Waals surface area (Å²) in [6.07, 6.45) is 0.458. The molecule has 0 bridgehead atoms. The fourth-order valence-electron chi connectivity index (χ4n) is 3.01. The first-order valence-electron chi connectivity index (χ1n) is 7.68. The van der Waals surface area contributed by atoms with Gasteiger partial charge in [-0.05, 0) is 29.9 Å². The third-order valence-corrected chi connectivity index (χ3v) is 5.02. The van der Waals surface area contributed by atoms with Gasteiger partial charge in [0.1, 0.15) is 5.56 Å². The van der Waals surface area contributed by atoms with Gasteiger partial charge in [0.25, 0.3) is 5.56 Å². The molecule has 0 amide bonds. The molecule has 0 radical (unpaired) electrons. The SMILES string of the molecule is Cn1c(O)c(C2=NNC(c3ccc4c(c3)OCO4)C2)c(=O)n(C)c1=S.